The van der Waals surface area contributed by atoms with Crippen molar-refractivity contribution in [1.29, 1.82) is 0 Å². The van der Waals surface area contributed by atoms with Crippen LogP contribution in [-0.4, -0.2) is 41.4 Å². The Kier molecular flexibility index (Phi) is 4.88. The monoisotopic (exact) mass is 326 g/mol. The molecule has 1 unspecified atom stereocenters. The number of carbonyl (C=O) groups is 1. The van der Waals surface area contributed by atoms with Crippen molar-refractivity contribution in [3.63, 3.8) is 0 Å². The molecule has 0 spiro atoms. The predicted octanol–water partition coefficient (Wildman–Crippen LogP) is 3.62. The van der Waals surface area contributed by atoms with Crippen LogP contribution < -0.4 is 0 Å². The van der Waals surface area contributed by atoms with Gasteiger partial charge in [0, 0.05) is 38.6 Å². The quantitative estimate of drug-likeness (QED) is 0.847. The fraction of sp³-hybridized carbons (Fsp3) is 0.667. The standard InChI is InChI=1S/C21H30N2O/c24-21(14-17-6-2-1-3-7-17)23-13-11-20(16-23)22-12-10-18-8-4-5-9-19(18)15-22/h4-5,8-9,17,20H,1-3,6-7,10-16H2. The molecule has 0 N–H and O–H groups in total. The maximum Gasteiger partial charge on any atom is 0.222 e. The Hall–Kier alpha value is -1.35. The molecule has 1 atom stereocenters. The lowest BCUT2D eigenvalue weighted by molar-refractivity contribution is -0.131. The minimum Gasteiger partial charge on any atom is -0.341 e. The van der Waals surface area contributed by atoms with Crippen molar-refractivity contribution >= 4 is 5.91 Å². The first-order valence-electron chi connectivity index (χ1n) is 9.88. The molecule has 2 fully saturated rings. The molecule has 0 radical (unpaired) electrons. The van der Waals surface area contributed by atoms with E-state index >= 15 is 0 Å². The zero-order valence-corrected chi connectivity index (χ0v) is 14.8. The van der Waals surface area contributed by atoms with Crippen LogP contribution in [-0.2, 0) is 17.8 Å². The number of carbonyl (C=O) groups excluding carboxylic acids is 1. The molecule has 0 bridgehead atoms. The number of rotatable bonds is 3. The van der Waals surface area contributed by atoms with E-state index in [1.54, 1.807) is 0 Å². The molecule has 1 aromatic carbocycles. The minimum atomic E-state index is 0.418. The molecular formula is C21H30N2O. The van der Waals surface area contributed by atoms with Gasteiger partial charge in [-0.05, 0) is 42.7 Å². The van der Waals surface area contributed by atoms with Crippen LogP contribution in [0.5, 0.6) is 0 Å². The highest BCUT2D eigenvalue weighted by molar-refractivity contribution is 5.76. The zero-order valence-electron chi connectivity index (χ0n) is 14.8. The molecule has 3 aliphatic rings. The summed E-state index contributed by atoms with van der Waals surface area (Å²) in [4.78, 5) is 17.4. The molecule has 0 aromatic heterocycles. The van der Waals surface area contributed by atoms with E-state index in [-0.39, 0.29) is 0 Å². The summed E-state index contributed by atoms with van der Waals surface area (Å²) >= 11 is 0. The van der Waals surface area contributed by atoms with Crippen molar-refractivity contribution in [1.82, 2.24) is 9.80 Å². The first kappa shape index (κ1) is 16.1. The van der Waals surface area contributed by atoms with E-state index < -0.39 is 0 Å². The highest BCUT2D eigenvalue weighted by Crippen LogP contribution is 2.29. The Labute approximate surface area is 146 Å². The highest BCUT2D eigenvalue weighted by atomic mass is 16.2. The Morgan fingerprint density at radius 1 is 1.00 bits per heavy atom. The molecule has 1 saturated carbocycles. The largest absolute Gasteiger partial charge is 0.341 e. The molecule has 24 heavy (non-hydrogen) atoms. The Morgan fingerprint density at radius 3 is 2.62 bits per heavy atom. The number of fused-ring (bicyclic) bond motifs is 1. The first-order chi connectivity index (χ1) is 11.8. The van der Waals surface area contributed by atoms with Gasteiger partial charge in [0.1, 0.15) is 0 Å². The van der Waals surface area contributed by atoms with Crippen molar-refractivity contribution in [2.24, 2.45) is 5.92 Å². The van der Waals surface area contributed by atoms with Crippen molar-refractivity contribution in [2.75, 3.05) is 19.6 Å². The lowest BCUT2D eigenvalue weighted by Gasteiger charge is -2.33. The van der Waals surface area contributed by atoms with E-state index in [0.29, 0.717) is 17.9 Å². The normalized spacial score (nSPS) is 25.7. The highest BCUT2D eigenvalue weighted by Gasteiger charge is 2.32. The van der Waals surface area contributed by atoms with E-state index in [2.05, 4.69) is 34.1 Å². The maximum atomic E-state index is 12.6. The predicted molar refractivity (Wildman–Crippen MR) is 96.7 cm³/mol. The summed E-state index contributed by atoms with van der Waals surface area (Å²) in [6, 6.07) is 9.39. The number of nitrogens with zero attached hydrogens (tertiary/aromatic N) is 2. The van der Waals surface area contributed by atoms with Crippen LogP contribution in [0.2, 0.25) is 0 Å². The molecule has 1 aromatic rings. The van der Waals surface area contributed by atoms with E-state index in [9.17, 15) is 4.79 Å². The van der Waals surface area contributed by atoms with E-state index in [0.717, 1.165) is 45.4 Å². The SMILES string of the molecule is O=C(CC1CCCCC1)N1CCC(N2CCc3ccccc3C2)C1. The van der Waals surface area contributed by atoms with Gasteiger partial charge in [-0.1, -0.05) is 43.5 Å². The smallest absolute Gasteiger partial charge is 0.222 e. The average Bonchev–Trinajstić information content (AvgIpc) is 3.12. The van der Waals surface area contributed by atoms with E-state index in [4.69, 9.17) is 0 Å². The van der Waals surface area contributed by atoms with Crippen molar-refractivity contribution in [3.05, 3.63) is 35.4 Å². The summed E-state index contributed by atoms with van der Waals surface area (Å²) in [5, 5.41) is 0. The lowest BCUT2D eigenvalue weighted by Crippen LogP contribution is -2.41. The van der Waals surface area contributed by atoms with Crippen LogP contribution in [0.3, 0.4) is 0 Å². The number of benzene rings is 1. The van der Waals surface area contributed by atoms with Gasteiger partial charge >= 0.3 is 0 Å². The third-order valence-corrected chi connectivity index (χ3v) is 6.38. The van der Waals surface area contributed by atoms with Crippen LogP contribution in [0.1, 0.15) is 56.1 Å². The number of hydrogen-bond acceptors (Lipinski definition) is 2. The minimum absolute atomic E-state index is 0.418. The number of likely N-dealkylation sites (tertiary alicyclic amines) is 1. The molecule has 1 aliphatic carbocycles. The lowest BCUT2D eigenvalue weighted by atomic mass is 9.87. The molecule has 1 saturated heterocycles. The van der Waals surface area contributed by atoms with Gasteiger partial charge in [0.05, 0.1) is 0 Å². The van der Waals surface area contributed by atoms with Gasteiger partial charge in [0.2, 0.25) is 5.91 Å². The molecule has 2 heterocycles. The molecule has 4 rings (SSSR count). The first-order valence-corrected chi connectivity index (χ1v) is 9.88. The van der Waals surface area contributed by atoms with Crippen molar-refractivity contribution in [2.45, 2.75) is 64.0 Å². The molecule has 1 amide bonds. The van der Waals surface area contributed by atoms with Gasteiger partial charge in [-0.3, -0.25) is 9.69 Å². The Bertz CT molecular complexity index is 579. The second-order valence-corrected chi connectivity index (χ2v) is 7.98. The van der Waals surface area contributed by atoms with Gasteiger partial charge in [-0.25, -0.2) is 0 Å². The number of hydrogen-bond donors (Lipinski definition) is 0. The summed E-state index contributed by atoms with van der Waals surface area (Å²) in [6.07, 6.45) is 9.67. The molecule has 3 heteroatoms. The second kappa shape index (κ2) is 7.26. The van der Waals surface area contributed by atoms with E-state index in [1.807, 2.05) is 0 Å². The van der Waals surface area contributed by atoms with Gasteiger partial charge in [-0.2, -0.15) is 0 Å². The van der Waals surface area contributed by atoms with Crippen LogP contribution in [0.4, 0.5) is 0 Å². The van der Waals surface area contributed by atoms with Crippen molar-refractivity contribution < 1.29 is 4.79 Å². The third-order valence-electron chi connectivity index (χ3n) is 6.38. The second-order valence-electron chi connectivity index (χ2n) is 7.98. The summed E-state index contributed by atoms with van der Waals surface area (Å²) in [7, 11) is 0. The Morgan fingerprint density at radius 2 is 1.79 bits per heavy atom. The van der Waals surface area contributed by atoms with Gasteiger partial charge in [-0.15, -0.1) is 0 Å². The number of amides is 1. The summed E-state index contributed by atoms with van der Waals surface area (Å²) in [6.45, 7) is 4.12. The fourth-order valence-corrected chi connectivity index (χ4v) is 4.86. The molecule has 130 valence electrons. The summed E-state index contributed by atoms with van der Waals surface area (Å²) in [5.74, 6) is 1.08. The van der Waals surface area contributed by atoms with Crippen molar-refractivity contribution in [3.8, 4) is 0 Å². The average molecular weight is 326 g/mol. The summed E-state index contributed by atoms with van der Waals surface area (Å²) < 4.78 is 0. The van der Waals surface area contributed by atoms with Crippen LogP contribution in [0.15, 0.2) is 24.3 Å². The van der Waals surface area contributed by atoms with Gasteiger partial charge in [0.15, 0.2) is 0 Å². The van der Waals surface area contributed by atoms with E-state index in [1.165, 1.54) is 43.2 Å². The zero-order chi connectivity index (χ0) is 16.4. The molecule has 3 nitrogen and oxygen atoms in total. The Balaban J connectivity index is 1.31. The maximum absolute atomic E-state index is 12.6. The summed E-state index contributed by atoms with van der Waals surface area (Å²) in [5.41, 5.74) is 2.99. The topological polar surface area (TPSA) is 23.6 Å². The van der Waals surface area contributed by atoms with Gasteiger partial charge < -0.3 is 4.90 Å². The van der Waals surface area contributed by atoms with Gasteiger partial charge in [0.25, 0.3) is 0 Å². The van der Waals surface area contributed by atoms with Crippen LogP contribution in [0.25, 0.3) is 0 Å². The molecular weight excluding hydrogens is 296 g/mol. The third kappa shape index (κ3) is 3.51. The molecule has 2 aliphatic heterocycles. The van der Waals surface area contributed by atoms with Crippen LogP contribution in [0, 0.1) is 5.92 Å². The van der Waals surface area contributed by atoms with Crippen LogP contribution >= 0.6 is 0 Å². The fourth-order valence-electron chi connectivity index (χ4n) is 4.86.